The van der Waals surface area contributed by atoms with Crippen LogP contribution in [-0.4, -0.2) is 18.0 Å². The van der Waals surface area contributed by atoms with Crippen molar-refractivity contribution in [2.75, 3.05) is 0 Å². The molecular weight excluding hydrogens is 269 g/mol. The van der Waals surface area contributed by atoms with Crippen LogP contribution in [-0.2, 0) is 10.1 Å². The smallest absolute Gasteiger partial charge is 0.282 e. The minimum atomic E-state index is -4.31. The van der Waals surface area contributed by atoms with E-state index in [2.05, 4.69) is 20.9 Å². The van der Waals surface area contributed by atoms with Crippen LogP contribution in [0.1, 0.15) is 0 Å². The van der Waals surface area contributed by atoms with Crippen molar-refractivity contribution in [3.05, 3.63) is 21.9 Å². The molecule has 1 N–H and O–H groups in total. The van der Waals surface area contributed by atoms with E-state index in [0.29, 0.717) is 0 Å². The maximum atomic E-state index is 10.7. The molecule has 12 heavy (non-hydrogen) atoms. The van der Waals surface area contributed by atoms with Gasteiger partial charge in [-0.3, -0.25) is 4.55 Å². The van der Waals surface area contributed by atoms with Gasteiger partial charge in [0.15, 0.2) is 5.15 Å². The Hall–Kier alpha value is -0.170. The van der Waals surface area contributed by atoms with E-state index in [1.807, 2.05) is 0 Å². The van der Waals surface area contributed by atoms with Gasteiger partial charge in [-0.15, -0.1) is 0 Å². The molecule has 0 bridgehead atoms. The third-order valence-corrected chi connectivity index (χ3v) is 3.32. The maximum Gasteiger partial charge on any atom is 0.298 e. The number of hydrogen-bond donors (Lipinski definition) is 1. The summed E-state index contributed by atoms with van der Waals surface area (Å²) in [5, 5.41) is -0.258. The predicted octanol–water partition coefficient (Wildman–Crippen LogP) is 1.74. The second kappa shape index (κ2) is 3.29. The van der Waals surface area contributed by atoms with Crippen molar-refractivity contribution in [1.82, 2.24) is 4.98 Å². The topological polar surface area (TPSA) is 67.3 Å². The minimum absolute atomic E-state index is 0.185. The van der Waals surface area contributed by atoms with Crippen LogP contribution in [0.4, 0.5) is 0 Å². The Kier molecular flexibility index (Phi) is 2.72. The van der Waals surface area contributed by atoms with Crippen molar-refractivity contribution in [2.24, 2.45) is 0 Å². The Morgan fingerprint density at radius 1 is 1.58 bits per heavy atom. The van der Waals surface area contributed by atoms with Crippen LogP contribution in [0, 0.1) is 0 Å². The van der Waals surface area contributed by atoms with Crippen molar-refractivity contribution < 1.29 is 13.0 Å². The average Bonchev–Trinajstić information content (AvgIpc) is 1.82. The molecule has 66 valence electrons. The van der Waals surface area contributed by atoms with Gasteiger partial charge < -0.3 is 0 Å². The van der Waals surface area contributed by atoms with Gasteiger partial charge in [-0.05, 0) is 22.0 Å². The number of rotatable bonds is 1. The zero-order valence-electron chi connectivity index (χ0n) is 5.53. The van der Waals surface area contributed by atoms with Gasteiger partial charge in [0, 0.05) is 10.7 Å². The maximum absolute atomic E-state index is 10.7. The number of halogens is 2. The van der Waals surface area contributed by atoms with Crippen molar-refractivity contribution in [3.8, 4) is 0 Å². The Morgan fingerprint density at radius 3 is 2.50 bits per heavy atom. The summed E-state index contributed by atoms with van der Waals surface area (Å²) in [6.07, 6.45) is 1.32. The molecule has 0 fully saturated rings. The van der Waals surface area contributed by atoms with Crippen LogP contribution in [0.25, 0.3) is 0 Å². The summed E-state index contributed by atoms with van der Waals surface area (Å²) in [6.45, 7) is 0. The molecular formula is C5H3BrClNO3S. The van der Waals surface area contributed by atoms with Gasteiger partial charge in [0.1, 0.15) is 4.90 Å². The van der Waals surface area contributed by atoms with E-state index in [0.717, 1.165) is 0 Å². The Bertz CT molecular complexity index is 385. The summed E-state index contributed by atoms with van der Waals surface area (Å²) in [4.78, 5) is 3.09. The molecule has 0 atom stereocenters. The largest absolute Gasteiger partial charge is 0.298 e. The second-order valence-corrected chi connectivity index (χ2v) is 4.46. The first-order valence-electron chi connectivity index (χ1n) is 2.70. The lowest BCUT2D eigenvalue weighted by molar-refractivity contribution is 0.482. The molecule has 0 aliphatic carbocycles. The molecule has 1 aromatic rings. The SMILES string of the molecule is O=S(=O)(O)c1c(Br)ccnc1Cl. The minimum Gasteiger partial charge on any atom is -0.282 e. The molecule has 0 saturated heterocycles. The molecule has 4 nitrogen and oxygen atoms in total. The predicted molar refractivity (Wildman–Crippen MR) is 46.8 cm³/mol. The first kappa shape index (κ1) is 9.91. The lowest BCUT2D eigenvalue weighted by Crippen LogP contribution is -2.01. The fourth-order valence-corrected chi connectivity index (χ4v) is 2.70. The third kappa shape index (κ3) is 1.95. The molecule has 0 unspecified atom stereocenters. The van der Waals surface area contributed by atoms with Gasteiger partial charge in [-0.1, -0.05) is 11.6 Å². The fraction of sp³-hybridized carbons (Fsp3) is 0. The highest BCUT2D eigenvalue weighted by Gasteiger charge is 2.18. The highest BCUT2D eigenvalue weighted by molar-refractivity contribution is 9.10. The number of hydrogen-bond acceptors (Lipinski definition) is 3. The molecule has 7 heteroatoms. The van der Waals surface area contributed by atoms with Gasteiger partial charge in [-0.25, -0.2) is 4.98 Å². The molecule has 0 aliphatic heterocycles. The molecule has 0 amide bonds. The summed E-state index contributed by atoms with van der Waals surface area (Å²) in [5.41, 5.74) is 0. The Balaban J connectivity index is 3.53. The van der Waals surface area contributed by atoms with E-state index in [1.54, 1.807) is 0 Å². The van der Waals surface area contributed by atoms with Crippen LogP contribution in [0.3, 0.4) is 0 Å². The van der Waals surface area contributed by atoms with E-state index in [9.17, 15) is 8.42 Å². The lowest BCUT2D eigenvalue weighted by Gasteiger charge is -2.00. The van der Waals surface area contributed by atoms with E-state index in [1.165, 1.54) is 12.3 Å². The molecule has 1 aromatic heterocycles. The van der Waals surface area contributed by atoms with E-state index < -0.39 is 15.0 Å². The van der Waals surface area contributed by atoms with Crippen molar-refractivity contribution in [1.29, 1.82) is 0 Å². The first-order valence-corrected chi connectivity index (χ1v) is 5.31. The molecule has 1 rings (SSSR count). The van der Waals surface area contributed by atoms with E-state index in [-0.39, 0.29) is 9.63 Å². The number of aromatic nitrogens is 1. The van der Waals surface area contributed by atoms with Crippen molar-refractivity contribution >= 4 is 37.6 Å². The van der Waals surface area contributed by atoms with Crippen LogP contribution >= 0.6 is 27.5 Å². The summed E-state index contributed by atoms with van der Waals surface area (Å²) in [7, 11) is -4.31. The first-order chi connectivity index (χ1) is 5.43. The van der Waals surface area contributed by atoms with E-state index in [4.69, 9.17) is 16.2 Å². The molecule has 0 spiro atoms. The summed E-state index contributed by atoms with van der Waals surface area (Å²) >= 11 is 8.35. The number of pyridine rings is 1. The van der Waals surface area contributed by atoms with Crippen LogP contribution in [0.5, 0.6) is 0 Å². The number of nitrogens with zero attached hydrogens (tertiary/aromatic N) is 1. The fourth-order valence-electron chi connectivity index (χ4n) is 0.631. The zero-order valence-corrected chi connectivity index (χ0v) is 8.69. The van der Waals surface area contributed by atoms with Gasteiger partial charge in [0.25, 0.3) is 10.1 Å². The lowest BCUT2D eigenvalue weighted by atomic mass is 10.5. The highest BCUT2D eigenvalue weighted by atomic mass is 79.9. The molecule has 0 saturated carbocycles. The highest BCUT2D eigenvalue weighted by Crippen LogP contribution is 2.26. The average molecular weight is 273 g/mol. The van der Waals surface area contributed by atoms with Crippen LogP contribution in [0.15, 0.2) is 21.6 Å². The van der Waals surface area contributed by atoms with Gasteiger partial charge in [0.2, 0.25) is 0 Å². The van der Waals surface area contributed by atoms with Crippen LogP contribution in [0.2, 0.25) is 5.15 Å². The molecule has 0 radical (unpaired) electrons. The normalized spacial score (nSPS) is 11.6. The van der Waals surface area contributed by atoms with Gasteiger partial charge in [0.05, 0.1) is 0 Å². The Morgan fingerprint density at radius 2 is 2.17 bits per heavy atom. The second-order valence-electron chi connectivity index (χ2n) is 1.89. The Labute approximate surface area is 82.5 Å². The quantitative estimate of drug-likeness (QED) is 0.625. The van der Waals surface area contributed by atoms with Crippen molar-refractivity contribution in [2.45, 2.75) is 4.90 Å². The zero-order chi connectivity index (χ0) is 9.35. The monoisotopic (exact) mass is 271 g/mol. The van der Waals surface area contributed by atoms with Crippen molar-refractivity contribution in [3.63, 3.8) is 0 Å². The summed E-state index contributed by atoms with van der Waals surface area (Å²) < 4.78 is 30.2. The summed E-state index contributed by atoms with van der Waals surface area (Å²) in [5.74, 6) is 0. The third-order valence-electron chi connectivity index (χ3n) is 1.07. The molecule has 0 aliphatic rings. The van der Waals surface area contributed by atoms with E-state index >= 15 is 0 Å². The molecule has 1 heterocycles. The van der Waals surface area contributed by atoms with Gasteiger partial charge in [-0.2, -0.15) is 8.42 Å². The summed E-state index contributed by atoms with van der Waals surface area (Å²) in [6, 6.07) is 1.37. The molecule has 0 aromatic carbocycles. The van der Waals surface area contributed by atoms with Crippen LogP contribution < -0.4 is 0 Å². The van der Waals surface area contributed by atoms with Gasteiger partial charge >= 0.3 is 0 Å². The standard InChI is InChI=1S/C5H3BrClNO3S/c6-3-1-2-8-5(7)4(3)12(9,10)11/h1-2H,(H,9,10,11).